The van der Waals surface area contributed by atoms with E-state index in [4.69, 9.17) is 4.74 Å². The van der Waals surface area contributed by atoms with Crippen molar-refractivity contribution in [3.8, 4) is 5.75 Å². The number of aromatic nitrogens is 3. The SMILES string of the molecule is COc1ccc(NC(=O)c2nnc3n2C[C@H]2CN(Cc4cccc(C)c4)C[C@H]2C3)cc1. The molecule has 7 heteroatoms. The first-order valence-electron chi connectivity index (χ1n) is 10.7. The number of likely N-dealkylation sites (tertiary alicyclic amines) is 1. The Morgan fingerprint density at radius 1 is 1.10 bits per heavy atom. The lowest BCUT2D eigenvalue weighted by Gasteiger charge is -2.25. The van der Waals surface area contributed by atoms with E-state index < -0.39 is 0 Å². The number of hydrogen-bond acceptors (Lipinski definition) is 5. The highest BCUT2D eigenvalue weighted by Crippen LogP contribution is 2.33. The summed E-state index contributed by atoms with van der Waals surface area (Å²) in [6.07, 6.45) is 0.873. The van der Waals surface area contributed by atoms with E-state index in [1.165, 1.54) is 11.1 Å². The van der Waals surface area contributed by atoms with Crippen LogP contribution in [-0.2, 0) is 19.5 Å². The molecule has 0 unspecified atom stereocenters. The van der Waals surface area contributed by atoms with E-state index in [9.17, 15) is 4.79 Å². The molecule has 1 saturated heterocycles. The summed E-state index contributed by atoms with van der Waals surface area (Å²) in [5.41, 5.74) is 3.37. The minimum atomic E-state index is -0.225. The standard InChI is InChI=1S/C24H27N5O2/c1-16-4-3-5-17(10-16)12-28-13-18-11-22-26-27-23(29(22)15-19(18)14-28)24(30)25-20-6-8-21(31-2)9-7-20/h3-10,18-19H,11-15H2,1-2H3,(H,25,30)/t18-,19-/m1/s1. The molecule has 1 amide bonds. The van der Waals surface area contributed by atoms with Crippen molar-refractivity contribution in [3.05, 3.63) is 71.3 Å². The Morgan fingerprint density at radius 3 is 2.68 bits per heavy atom. The van der Waals surface area contributed by atoms with Crippen LogP contribution in [0.4, 0.5) is 5.69 Å². The summed E-state index contributed by atoms with van der Waals surface area (Å²) in [7, 11) is 1.62. The summed E-state index contributed by atoms with van der Waals surface area (Å²) >= 11 is 0. The van der Waals surface area contributed by atoms with Crippen LogP contribution in [-0.4, -0.2) is 45.8 Å². The number of aryl methyl sites for hydroxylation is 1. The van der Waals surface area contributed by atoms with Crippen LogP contribution in [0.5, 0.6) is 5.75 Å². The van der Waals surface area contributed by atoms with Crippen molar-refractivity contribution in [2.24, 2.45) is 11.8 Å². The first-order valence-corrected chi connectivity index (χ1v) is 10.7. The maximum atomic E-state index is 12.9. The average molecular weight is 418 g/mol. The van der Waals surface area contributed by atoms with Gasteiger partial charge in [-0.3, -0.25) is 9.69 Å². The van der Waals surface area contributed by atoms with E-state index in [0.717, 1.165) is 44.2 Å². The van der Waals surface area contributed by atoms with Gasteiger partial charge in [0.05, 0.1) is 7.11 Å². The predicted octanol–water partition coefficient (Wildman–Crippen LogP) is 3.15. The van der Waals surface area contributed by atoms with Gasteiger partial charge in [-0.25, -0.2) is 0 Å². The largest absolute Gasteiger partial charge is 0.497 e. The molecule has 0 bridgehead atoms. The van der Waals surface area contributed by atoms with Gasteiger partial charge < -0.3 is 14.6 Å². The first kappa shape index (κ1) is 19.8. The summed E-state index contributed by atoms with van der Waals surface area (Å²) in [5.74, 6) is 2.91. The van der Waals surface area contributed by atoms with Crippen molar-refractivity contribution in [2.45, 2.75) is 26.4 Å². The van der Waals surface area contributed by atoms with Gasteiger partial charge in [0.1, 0.15) is 11.6 Å². The third-order valence-electron chi connectivity index (χ3n) is 6.38. The number of carbonyl (C=O) groups is 1. The predicted molar refractivity (Wildman–Crippen MR) is 118 cm³/mol. The van der Waals surface area contributed by atoms with Crippen LogP contribution in [0, 0.1) is 18.8 Å². The van der Waals surface area contributed by atoms with Gasteiger partial charge in [0, 0.05) is 38.3 Å². The number of methoxy groups -OCH3 is 1. The smallest absolute Gasteiger partial charge is 0.293 e. The van der Waals surface area contributed by atoms with Crippen LogP contribution in [0.15, 0.2) is 48.5 Å². The van der Waals surface area contributed by atoms with Crippen molar-refractivity contribution in [1.82, 2.24) is 19.7 Å². The monoisotopic (exact) mass is 417 g/mol. The van der Waals surface area contributed by atoms with Gasteiger partial charge in [0.2, 0.25) is 5.82 Å². The number of carbonyl (C=O) groups excluding carboxylic acids is 1. The molecule has 0 spiro atoms. The molecule has 1 N–H and O–H groups in total. The van der Waals surface area contributed by atoms with Crippen molar-refractivity contribution in [3.63, 3.8) is 0 Å². The van der Waals surface area contributed by atoms with Gasteiger partial charge in [-0.05, 0) is 48.6 Å². The molecule has 3 heterocycles. The second-order valence-corrected chi connectivity index (χ2v) is 8.64. The number of nitrogens with one attached hydrogen (secondary N) is 1. The van der Waals surface area contributed by atoms with Gasteiger partial charge >= 0.3 is 0 Å². The van der Waals surface area contributed by atoms with Gasteiger partial charge in [-0.2, -0.15) is 0 Å². The zero-order valence-electron chi connectivity index (χ0n) is 17.9. The van der Waals surface area contributed by atoms with Crippen LogP contribution in [0.3, 0.4) is 0 Å². The zero-order valence-corrected chi connectivity index (χ0v) is 17.9. The van der Waals surface area contributed by atoms with Crippen molar-refractivity contribution in [2.75, 3.05) is 25.5 Å². The molecule has 1 aromatic heterocycles. The molecular weight excluding hydrogens is 390 g/mol. The van der Waals surface area contributed by atoms with Crippen LogP contribution in [0.2, 0.25) is 0 Å². The fourth-order valence-electron chi connectivity index (χ4n) is 4.85. The minimum absolute atomic E-state index is 0.225. The fraction of sp³-hybridized carbons (Fsp3) is 0.375. The highest BCUT2D eigenvalue weighted by Gasteiger charge is 2.39. The number of amides is 1. The van der Waals surface area contributed by atoms with E-state index in [0.29, 0.717) is 23.3 Å². The fourth-order valence-corrected chi connectivity index (χ4v) is 4.85. The molecule has 2 atom stereocenters. The topological polar surface area (TPSA) is 72.3 Å². The maximum Gasteiger partial charge on any atom is 0.293 e. The summed E-state index contributed by atoms with van der Waals surface area (Å²) in [5, 5.41) is 11.5. The number of ether oxygens (including phenoxy) is 1. The zero-order chi connectivity index (χ0) is 21.4. The van der Waals surface area contributed by atoms with E-state index >= 15 is 0 Å². The van der Waals surface area contributed by atoms with Crippen molar-refractivity contribution >= 4 is 11.6 Å². The summed E-state index contributed by atoms with van der Waals surface area (Å²) in [6, 6.07) is 16.0. The molecule has 3 aromatic rings. The van der Waals surface area contributed by atoms with E-state index in [1.807, 2.05) is 28.8 Å². The Kier molecular flexibility index (Phi) is 5.19. The Morgan fingerprint density at radius 2 is 1.90 bits per heavy atom. The lowest BCUT2D eigenvalue weighted by Crippen LogP contribution is -2.31. The van der Waals surface area contributed by atoms with Crippen LogP contribution < -0.4 is 10.1 Å². The average Bonchev–Trinajstić information content (AvgIpc) is 3.35. The van der Waals surface area contributed by atoms with E-state index in [-0.39, 0.29) is 5.91 Å². The van der Waals surface area contributed by atoms with Crippen LogP contribution in [0.1, 0.15) is 27.6 Å². The lowest BCUT2D eigenvalue weighted by molar-refractivity contribution is 0.100. The van der Waals surface area contributed by atoms with Crippen LogP contribution in [0.25, 0.3) is 0 Å². The van der Waals surface area contributed by atoms with E-state index in [1.54, 1.807) is 7.11 Å². The quantitative estimate of drug-likeness (QED) is 0.691. The molecular formula is C24H27N5O2. The van der Waals surface area contributed by atoms with Gasteiger partial charge in [-0.1, -0.05) is 29.8 Å². The number of nitrogens with zero attached hydrogens (tertiary/aromatic N) is 4. The molecule has 2 aliphatic rings. The Bertz CT molecular complexity index is 1090. The Hall–Kier alpha value is -3.19. The Labute approximate surface area is 182 Å². The first-order chi connectivity index (χ1) is 15.1. The summed E-state index contributed by atoms with van der Waals surface area (Å²) in [6.45, 7) is 6.01. The number of hydrogen-bond donors (Lipinski definition) is 1. The molecule has 31 heavy (non-hydrogen) atoms. The highest BCUT2D eigenvalue weighted by molar-refractivity contribution is 6.01. The van der Waals surface area contributed by atoms with Crippen molar-refractivity contribution in [1.29, 1.82) is 0 Å². The number of anilines is 1. The van der Waals surface area contributed by atoms with Crippen LogP contribution >= 0.6 is 0 Å². The second kappa shape index (κ2) is 8.15. The lowest BCUT2D eigenvalue weighted by atomic mass is 9.89. The summed E-state index contributed by atoms with van der Waals surface area (Å²) in [4.78, 5) is 15.4. The third-order valence-corrected chi connectivity index (χ3v) is 6.38. The molecule has 2 aromatic carbocycles. The second-order valence-electron chi connectivity index (χ2n) is 8.64. The maximum absolute atomic E-state index is 12.9. The molecule has 1 fully saturated rings. The van der Waals surface area contributed by atoms with E-state index in [2.05, 4.69) is 51.6 Å². The third kappa shape index (κ3) is 4.05. The normalized spacial score (nSPS) is 20.2. The minimum Gasteiger partial charge on any atom is -0.497 e. The molecule has 2 aliphatic heterocycles. The number of benzene rings is 2. The van der Waals surface area contributed by atoms with Crippen molar-refractivity contribution < 1.29 is 9.53 Å². The number of rotatable bonds is 5. The molecule has 0 saturated carbocycles. The molecule has 160 valence electrons. The number of fused-ring (bicyclic) bond motifs is 2. The molecule has 5 rings (SSSR count). The Balaban J connectivity index is 1.26. The molecule has 0 radical (unpaired) electrons. The highest BCUT2D eigenvalue weighted by atomic mass is 16.5. The van der Waals surface area contributed by atoms with Gasteiger partial charge in [-0.15, -0.1) is 10.2 Å². The van der Waals surface area contributed by atoms with Gasteiger partial charge in [0.25, 0.3) is 5.91 Å². The molecule has 0 aliphatic carbocycles. The summed E-state index contributed by atoms with van der Waals surface area (Å²) < 4.78 is 7.18. The molecule has 7 nitrogen and oxygen atoms in total. The van der Waals surface area contributed by atoms with Gasteiger partial charge in [0.15, 0.2) is 0 Å².